The second kappa shape index (κ2) is 5.75. The molecule has 1 aromatic rings. The van der Waals surface area contributed by atoms with Gasteiger partial charge in [-0.25, -0.2) is 0 Å². The van der Waals surface area contributed by atoms with E-state index in [0.717, 1.165) is 13.0 Å². The molecule has 0 spiro atoms. The van der Waals surface area contributed by atoms with E-state index in [0.29, 0.717) is 0 Å². The highest BCUT2D eigenvalue weighted by Crippen LogP contribution is 2.23. The van der Waals surface area contributed by atoms with Crippen LogP contribution in [0.5, 0.6) is 0 Å². The molecule has 0 atom stereocenters. The number of likely N-dealkylation sites (N-methyl/N-ethyl adjacent to an activating group) is 1. The van der Waals surface area contributed by atoms with Crippen molar-refractivity contribution in [1.82, 2.24) is 4.90 Å². The molecule has 0 bridgehead atoms. The Balaban J connectivity index is 2.94. The van der Waals surface area contributed by atoms with Gasteiger partial charge in [0.15, 0.2) is 0 Å². The van der Waals surface area contributed by atoms with E-state index in [2.05, 4.69) is 44.7 Å². The van der Waals surface area contributed by atoms with Crippen LogP contribution < -0.4 is 0 Å². The molecule has 0 radical (unpaired) electrons. The first-order valence-electron chi connectivity index (χ1n) is 6.89. The molecule has 0 aromatic heterocycles. The third-order valence-corrected chi connectivity index (χ3v) is 4.45. The second-order valence-electron chi connectivity index (χ2n) is 6.08. The number of rotatable bonds is 4. The Bertz CT molecular complexity index is 481. The fourth-order valence-electron chi connectivity index (χ4n) is 2.32. The molecule has 19 heavy (non-hydrogen) atoms. The van der Waals surface area contributed by atoms with Gasteiger partial charge in [0.25, 0.3) is 0 Å². The van der Waals surface area contributed by atoms with Crippen LogP contribution in [0.15, 0.2) is 6.07 Å². The predicted molar refractivity (Wildman–Crippen MR) is 81.4 cm³/mol. The molecule has 0 saturated heterocycles. The van der Waals surface area contributed by atoms with E-state index in [-0.39, 0.29) is 0 Å². The van der Waals surface area contributed by atoms with Crippen molar-refractivity contribution in [3.05, 3.63) is 33.9 Å². The highest BCUT2D eigenvalue weighted by Gasteiger charge is 2.22. The molecular weight excluding hydrogens is 232 g/mol. The van der Waals surface area contributed by atoms with Crippen LogP contribution in [0.2, 0.25) is 0 Å². The Morgan fingerprint density at radius 3 is 2.00 bits per heavy atom. The Hall–Kier alpha value is -1.33. The van der Waals surface area contributed by atoms with E-state index in [1.165, 1.54) is 27.8 Å². The summed E-state index contributed by atoms with van der Waals surface area (Å²) in [5.74, 6) is 0. The standard InChI is InChI=1S/C17H26N2/c1-12-10-13(2)15(4)16(14(12)3)8-9-19(7)17(5,6)11-18/h10H,8-9H2,1-7H3. The zero-order chi connectivity index (χ0) is 14.8. The topological polar surface area (TPSA) is 27.0 Å². The van der Waals surface area contributed by atoms with Crippen molar-refractivity contribution in [1.29, 1.82) is 5.26 Å². The van der Waals surface area contributed by atoms with Crippen molar-refractivity contribution in [2.75, 3.05) is 13.6 Å². The van der Waals surface area contributed by atoms with Gasteiger partial charge >= 0.3 is 0 Å². The summed E-state index contributed by atoms with van der Waals surface area (Å²) in [6.07, 6.45) is 1.00. The van der Waals surface area contributed by atoms with E-state index in [9.17, 15) is 0 Å². The van der Waals surface area contributed by atoms with Crippen LogP contribution in [0.4, 0.5) is 0 Å². The zero-order valence-corrected chi connectivity index (χ0v) is 13.4. The van der Waals surface area contributed by atoms with E-state index in [4.69, 9.17) is 5.26 Å². The average Bonchev–Trinajstić information content (AvgIpc) is 2.36. The molecule has 104 valence electrons. The molecule has 0 fully saturated rings. The number of benzene rings is 1. The molecule has 0 amide bonds. The number of nitrogens with zero attached hydrogens (tertiary/aromatic N) is 2. The van der Waals surface area contributed by atoms with Gasteiger partial charge in [-0.15, -0.1) is 0 Å². The van der Waals surface area contributed by atoms with Gasteiger partial charge in [-0.2, -0.15) is 5.26 Å². The summed E-state index contributed by atoms with van der Waals surface area (Å²) in [6.45, 7) is 13.6. The van der Waals surface area contributed by atoms with E-state index in [1.807, 2.05) is 20.9 Å². The second-order valence-corrected chi connectivity index (χ2v) is 6.08. The van der Waals surface area contributed by atoms with Crippen molar-refractivity contribution >= 4 is 0 Å². The van der Waals surface area contributed by atoms with E-state index in [1.54, 1.807) is 0 Å². The molecule has 0 saturated carbocycles. The first kappa shape index (κ1) is 15.7. The Labute approximate surface area is 118 Å². The lowest BCUT2D eigenvalue weighted by atomic mass is 9.92. The minimum atomic E-state index is -0.402. The Kier molecular flexibility index (Phi) is 4.76. The molecule has 1 aromatic carbocycles. The summed E-state index contributed by atoms with van der Waals surface area (Å²) in [7, 11) is 2.02. The normalized spacial score (nSPS) is 11.7. The van der Waals surface area contributed by atoms with Crippen LogP contribution in [0, 0.1) is 39.0 Å². The maximum Gasteiger partial charge on any atom is 0.103 e. The van der Waals surface area contributed by atoms with E-state index < -0.39 is 5.54 Å². The highest BCUT2D eigenvalue weighted by molar-refractivity contribution is 5.44. The number of aryl methyl sites for hydroxylation is 2. The lowest BCUT2D eigenvalue weighted by Crippen LogP contribution is -2.40. The first-order chi connectivity index (χ1) is 8.70. The molecule has 0 aliphatic rings. The SMILES string of the molecule is Cc1cc(C)c(C)c(CCN(C)C(C)(C)C#N)c1C. The first-order valence-corrected chi connectivity index (χ1v) is 6.89. The molecule has 2 heteroatoms. The maximum atomic E-state index is 9.17. The van der Waals surface area contributed by atoms with Gasteiger partial charge < -0.3 is 0 Å². The quantitative estimate of drug-likeness (QED) is 0.823. The fraction of sp³-hybridized carbons (Fsp3) is 0.588. The van der Waals surface area contributed by atoms with Crippen LogP contribution in [0.3, 0.4) is 0 Å². The predicted octanol–water partition coefficient (Wildman–Crippen LogP) is 3.70. The van der Waals surface area contributed by atoms with Crippen LogP contribution in [0.1, 0.15) is 41.7 Å². The summed E-state index contributed by atoms with van der Waals surface area (Å²) < 4.78 is 0. The van der Waals surface area contributed by atoms with Gasteiger partial charge in [-0.1, -0.05) is 6.07 Å². The molecule has 2 nitrogen and oxygen atoms in total. The molecular formula is C17H26N2. The summed E-state index contributed by atoms with van der Waals surface area (Å²) in [4.78, 5) is 2.13. The Morgan fingerprint density at radius 2 is 1.58 bits per heavy atom. The Morgan fingerprint density at radius 1 is 1.11 bits per heavy atom. The summed E-state index contributed by atoms with van der Waals surface area (Å²) in [5, 5.41) is 9.17. The maximum absolute atomic E-state index is 9.17. The number of hydrogen-bond acceptors (Lipinski definition) is 2. The molecule has 0 aliphatic carbocycles. The lowest BCUT2D eigenvalue weighted by molar-refractivity contribution is 0.214. The summed E-state index contributed by atoms with van der Waals surface area (Å²) >= 11 is 0. The smallest absolute Gasteiger partial charge is 0.103 e. The fourth-order valence-corrected chi connectivity index (χ4v) is 2.32. The van der Waals surface area contributed by atoms with Gasteiger partial charge in [0.1, 0.15) is 5.54 Å². The van der Waals surface area contributed by atoms with Gasteiger partial charge in [0.05, 0.1) is 6.07 Å². The number of nitriles is 1. The molecule has 0 N–H and O–H groups in total. The largest absolute Gasteiger partial charge is 0.289 e. The summed E-state index contributed by atoms with van der Waals surface area (Å²) in [6, 6.07) is 4.62. The van der Waals surface area contributed by atoms with E-state index >= 15 is 0 Å². The third kappa shape index (κ3) is 3.36. The molecule has 1 rings (SSSR count). The van der Waals surface area contributed by atoms with Crippen molar-refractivity contribution in [3.8, 4) is 6.07 Å². The minimum absolute atomic E-state index is 0.402. The van der Waals surface area contributed by atoms with Crippen molar-refractivity contribution in [2.24, 2.45) is 0 Å². The van der Waals surface area contributed by atoms with Gasteiger partial charge in [-0.3, -0.25) is 4.90 Å². The van der Waals surface area contributed by atoms with Crippen LogP contribution >= 0.6 is 0 Å². The summed E-state index contributed by atoms with van der Waals surface area (Å²) in [5.41, 5.74) is 6.55. The van der Waals surface area contributed by atoms with Gasteiger partial charge in [0, 0.05) is 6.54 Å². The molecule has 0 unspecified atom stereocenters. The average molecular weight is 258 g/mol. The van der Waals surface area contributed by atoms with Crippen LogP contribution in [-0.2, 0) is 6.42 Å². The van der Waals surface area contributed by atoms with Gasteiger partial charge in [0.2, 0.25) is 0 Å². The highest BCUT2D eigenvalue weighted by atomic mass is 15.2. The van der Waals surface area contributed by atoms with Crippen molar-refractivity contribution < 1.29 is 0 Å². The molecule has 0 heterocycles. The lowest BCUT2D eigenvalue weighted by Gasteiger charge is -2.29. The van der Waals surface area contributed by atoms with Gasteiger partial charge in [-0.05, 0) is 82.8 Å². The van der Waals surface area contributed by atoms with Crippen molar-refractivity contribution in [2.45, 2.75) is 53.5 Å². The zero-order valence-electron chi connectivity index (χ0n) is 13.4. The van der Waals surface area contributed by atoms with Crippen molar-refractivity contribution in [3.63, 3.8) is 0 Å². The molecule has 0 aliphatic heterocycles. The van der Waals surface area contributed by atoms with Crippen LogP contribution in [0.25, 0.3) is 0 Å². The van der Waals surface area contributed by atoms with Crippen LogP contribution in [-0.4, -0.2) is 24.0 Å². The number of hydrogen-bond donors (Lipinski definition) is 0. The minimum Gasteiger partial charge on any atom is -0.289 e. The third-order valence-electron chi connectivity index (χ3n) is 4.45. The monoisotopic (exact) mass is 258 g/mol.